The molecule has 1 aliphatic rings. The van der Waals surface area contributed by atoms with Gasteiger partial charge in [-0.3, -0.25) is 10.1 Å². The van der Waals surface area contributed by atoms with Crippen LogP contribution in [0.5, 0.6) is 0 Å². The summed E-state index contributed by atoms with van der Waals surface area (Å²) in [6, 6.07) is 4.16. The Bertz CT molecular complexity index is 674. The second-order valence-electron chi connectivity index (χ2n) is 7.01. The average molecular weight is 472 g/mol. The molecule has 0 aliphatic heterocycles. The lowest BCUT2D eigenvalue weighted by atomic mass is 9.80. The van der Waals surface area contributed by atoms with Gasteiger partial charge < -0.3 is 15.1 Å². The zero-order valence-corrected chi connectivity index (χ0v) is 18.0. The van der Waals surface area contributed by atoms with Crippen LogP contribution in [0.15, 0.2) is 27.8 Å². The quantitative estimate of drug-likeness (QED) is 0.352. The first kappa shape index (κ1) is 20.7. The maximum absolute atomic E-state index is 5.30. The maximum atomic E-state index is 5.30. The minimum Gasteiger partial charge on any atom is -0.461 e. The molecule has 3 rings (SSSR count). The summed E-state index contributed by atoms with van der Waals surface area (Å²) < 4.78 is 5.30. The first-order valence-electron chi connectivity index (χ1n) is 9.08. The lowest BCUT2D eigenvalue weighted by Crippen LogP contribution is -2.44. The first-order valence-corrected chi connectivity index (χ1v) is 9.08. The van der Waals surface area contributed by atoms with Gasteiger partial charge >= 0.3 is 0 Å². The summed E-state index contributed by atoms with van der Waals surface area (Å²) >= 11 is 0. The number of nitrogens with one attached hydrogen (secondary N) is 3. The summed E-state index contributed by atoms with van der Waals surface area (Å²) in [5.74, 6) is 4.43. The predicted molar refractivity (Wildman–Crippen MR) is 113 cm³/mol. The molecular formula is C18H29IN6O. The van der Waals surface area contributed by atoms with Gasteiger partial charge in [0.1, 0.15) is 5.82 Å². The fraction of sp³-hybridized carbons (Fsp3) is 0.611. The zero-order chi connectivity index (χ0) is 17.6. The molecule has 0 radical (unpaired) electrons. The Labute approximate surface area is 171 Å². The van der Waals surface area contributed by atoms with Crippen molar-refractivity contribution in [1.29, 1.82) is 0 Å². The van der Waals surface area contributed by atoms with Crippen LogP contribution in [0.2, 0.25) is 0 Å². The van der Waals surface area contributed by atoms with Crippen molar-refractivity contribution in [3.63, 3.8) is 0 Å². The molecule has 0 saturated heterocycles. The van der Waals surface area contributed by atoms with Crippen LogP contribution in [0.25, 0.3) is 11.6 Å². The Balaban J connectivity index is 0.00000243. The van der Waals surface area contributed by atoms with Crippen molar-refractivity contribution in [1.82, 2.24) is 25.8 Å². The Morgan fingerprint density at radius 3 is 2.73 bits per heavy atom. The van der Waals surface area contributed by atoms with Gasteiger partial charge in [-0.2, -0.15) is 0 Å². The molecule has 0 atom stereocenters. The third-order valence-electron chi connectivity index (χ3n) is 4.98. The molecule has 0 bridgehead atoms. The van der Waals surface area contributed by atoms with Crippen molar-refractivity contribution in [2.75, 3.05) is 7.05 Å². The zero-order valence-electron chi connectivity index (χ0n) is 15.7. The lowest BCUT2D eigenvalue weighted by molar-refractivity contribution is 0.250. The normalized spacial score (nSPS) is 20.7. The van der Waals surface area contributed by atoms with Gasteiger partial charge in [-0.05, 0) is 49.7 Å². The number of guanidine groups is 1. The fourth-order valence-electron chi connectivity index (χ4n) is 3.38. The van der Waals surface area contributed by atoms with E-state index in [1.807, 2.05) is 12.1 Å². The standard InChI is InChI=1S/C18H28N6O.HI/c1-12(2)13-6-8-14(9-7-13)21-18(19-3)20-11-16-22-17(24-23-16)15-5-4-10-25-15;/h4-5,10,12-14H,6-9,11H2,1-3H3,(H2,19,20,21)(H,22,23,24);1H. The molecule has 3 N–H and O–H groups in total. The molecule has 2 aromatic rings. The minimum absolute atomic E-state index is 0. The SMILES string of the molecule is CN=C(NCc1nc(-c2ccco2)n[nH]1)NC1CCC(C(C)C)CC1.I. The van der Waals surface area contributed by atoms with Crippen LogP contribution >= 0.6 is 24.0 Å². The molecule has 0 amide bonds. The lowest BCUT2D eigenvalue weighted by Gasteiger charge is -2.32. The number of halogens is 1. The van der Waals surface area contributed by atoms with Gasteiger partial charge in [-0.25, -0.2) is 4.98 Å². The van der Waals surface area contributed by atoms with Crippen molar-refractivity contribution >= 4 is 29.9 Å². The van der Waals surface area contributed by atoms with Gasteiger partial charge in [0.15, 0.2) is 11.7 Å². The number of nitrogens with zero attached hydrogens (tertiary/aromatic N) is 3. The number of aliphatic imine (C=N–C) groups is 1. The highest BCUT2D eigenvalue weighted by molar-refractivity contribution is 14.0. The van der Waals surface area contributed by atoms with E-state index in [0.717, 1.165) is 23.6 Å². The molecule has 7 nitrogen and oxygen atoms in total. The van der Waals surface area contributed by atoms with Crippen molar-refractivity contribution in [3.8, 4) is 11.6 Å². The van der Waals surface area contributed by atoms with Crippen molar-refractivity contribution < 1.29 is 4.42 Å². The van der Waals surface area contributed by atoms with Crippen molar-refractivity contribution in [2.24, 2.45) is 16.8 Å². The van der Waals surface area contributed by atoms with Crippen LogP contribution in [0.4, 0.5) is 0 Å². The number of H-pyrrole nitrogens is 1. The Hall–Kier alpha value is -1.58. The molecule has 0 spiro atoms. The second-order valence-corrected chi connectivity index (χ2v) is 7.01. The average Bonchev–Trinajstić information content (AvgIpc) is 3.30. The van der Waals surface area contributed by atoms with Gasteiger partial charge in [0.25, 0.3) is 0 Å². The predicted octanol–water partition coefficient (Wildman–Crippen LogP) is 3.56. The topological polar surface area (TPSA) is 91.1 Å². The van der Waals surface area contributed by atoms with E-state index in [0.29, 0.717) is 24.2 Å². The monoisotopic (exact) mass is 472 g/mol. The van der Waals surface area contributed by atoms with Crippen molar-refractivity contribution in [3.05, 3.63) is 24.2 Å². The van der Waals surface area contributed by atoms with Crippen LogP contribution in [-0.2, 0) is 6.54 Å². The van der Waals surface area contributed by atoms with E-state index in [1.54, 1.807) is 13.3 Å². The molecule has 0 aromatic carbocycles. The molecule has 2 aromatic heterocycles. The third kappa shape index (κ3) is 5.46. The second kappa shape index (κ2) is 9.94. The summed E-state index contributed by atoms with van der Waals surface area (Å²) in [4.78, 5) is 8.75. The number of rotatable bonds is 5. The number of hydrogen-bond acceptors (Lipinski definition) is 4. The van der Waals surface area contributed by atoms with Gasteiger partial charge in [0.05, 0.1) is 12.8 Å². The highest BCUT2D eigenvalue weighted by Gasteiger charge is 2.23. The van der Waals surface area contributed by atoms with E-state index < -0.39 is 0 Å². The van der Waals surface area contributed by atoms with Crippen molar-refractivity contribution in [2.45, 2.75) is 52.1 Å². The molecule has 1 aliphatic carbocycles. The summed E-state index contributed by atoms with van der Waals surface area (Å²) in [6.45, 7) is 5.19. The first-order chi connectivity index (χ1) is 12.2. The van der Waals surface area contributed by atoms with Crippen LogP contribution in [0.1, 0.15) is 45.4 Å². The van der Waals surface area contributed by atoms with Gasteiger partial charge in [-0.15, -0.1) is 29.1 Å². The van der Waals surface area contributed by atoms with E-state index in [1.165, 1.54) is 25.7 Å². The minimum atomic E-state index is 0. The number of furan rings is 1. The van der Waals surface area contributed by atoms with Gasteiger partial charge in [0, 0.05) is 13.1 Å². The summed E-state index contributed by atoms with van der Waals surface area (Å²) in [5.41, 5.74) is 0. The van der Waals surface area contributed by atoms with Gasteiger partial charge in [-0.1, -0.05) is 13.8 Å². The summed E-state index contributed by atoms with van der Waals surface area (Å²) in [7, 11) is 1.80. The third-order valence-corrected chi connectivity index (χ3v) is 4.98. The van der Waals surface area contributed by atoms with Crippen LogP contribution < -0.4 is 10.6 Å². The van der Waals surface area contributed by atoms with E-state index in [9.17, 15) is 0 Å². The van der Waals surface area contributed by atoms with Crippen LogP contribution in [0, 0.1) is 11.8 Å². The molecule has 1 saturated carbocycles. The highest BCUT2D eigenvalue weighted by atomic mass is 127. The molecule has 8 heteroatoms. The Morgan fingerprint density at radius 2 is 2.12 bits per heavy atom. The molecular weight excluding hydrogens is 443 g/mol. The van der Waals surface area contributed by atoms with E-state index in [2.05, 4.69) is 44.7 Å². The number of aromatic amines is 1. The number of aromatic nitrogens is 3. The number of hydrogen-bond donors (Lipinski definition) is 3. The largest absolute Gasteiger partial charge is 0.461 e. The smallest absolute Gasteiger partial charge is 0.216 e. The highest BCUT2D eigenvalue weighted by Crippen LogP contribution is 2.29. The molecule has 144 valence electrons. The summed E-state index contributed by atoms with van der Waals surface area (Å²) in [6.07, 6.45) is 6.61. The Kier molecular flexibility index (Phi) is 7.92. The van der Waals surface area contributed by atoms with E-state index >= 15 is 0 Å². The molecule has 2 heterocycles. The maximum Gasteiger partial charge on any atom is 0.216 e. The van der Waals surface area contributed by atoms with Gasteiger partial charge in [0.2, 0.25) is 5.82 Å². The Morgan fingerprint density at radius 1 is 1.35 bits per heavy atom. The van der Waals surface area contributed by atoms with E-state index in [-0.39, 0.29) is 24.0 Å². The summed E-state index contributed by atoms with van der Waals surface area (Å²) in [5, 5.41) is 13.9. The fourth-order valence-corrected chi connectivity index (χ4v) is 3.38. The van der Waals surface area contributed by atoms with Crippen LogP contribution in [0.3, 0.4) is 0 Å². The molecule has 26 heavy (non-hydrogen) atoms. The molecule has 0 unspecified atom stereocenters. The van der Waals surface area contributed by atoms with Crippen LogP contribution in [-0.4, -0.2) is 34.2 Å². The molecule has 1 fully saturated rings. The van der Waals surface area contributed by atoms with E-state index in [4.69, 9.17) is 4.42 Å².